The molecule has 0 heterocycles. The zero-order valence-corrected chi connectivity index (χ0v) is 12.7. The minimum absolute atomic E-state index is 0.00747. The molecule has 21 heavy (non-hydrogen) atoms. The molecule has 0 bridgehead atoms. The van der Waals surface area contributed by atoms with Gasteiger partial charge in [-0.15, -0.1) is 0 Å². The van der Waals surface area contributed by atoms with Gasteiger partial charge in [-0.25, -0.2) is 4.39 Å². The second-order valence-corrected chi connectivity index (χ2v) is 4.75. The van der Waals surface area contributed by atoms with Crippen LogP contribution in [-0.4, -0.2) is 43.8 Å². The SMILES string of the molecule is CCN(CCO)c1cc(CNCCNC(C)=O)ccc1F. The van der Waals surface area contributed by atoms with Crippen LogP contribution >= 0.6 is 0 Å². The number of aliphatic hydroxyl groups is 1. The maximum absolute atomic E-state index is 13.9. The molecule has 0 aliphatic heterocycles. The van der Waals surface area contributed by atoms with Crippen molar-refractivity contribution in [3.05, 3.63) is 29.6 Å². The Hall–Kier alpha value is -1.66. The average molecular weight is 297 g/mol. The van der Waals surface area contributed by atoms with Gasteiger partial charge in [0.2, 0.25) is 5.91 Å². The summed E-state index contributed by atoms with van der Waals surface area (Å²) in [5.41, 5.74) is 1.47. The Morgan fingerprint density at radius 2 is 2.14 bits per heavy atom. The molecule has 1 amide bonds. The molecule has 1 aromatic rings. The van der Waals surface area contributed by atoms with Gasteiger partial charge in [-0.1, -0.05) is 6.07 Å². The lowest BCUT2D eigenvalue weighted by Gasteiger charge is -2.23. The zero-order chi connectivity index (χ0) is 15.7. The van der Waals surface area contributed by atoms with Crippen LogP contribution in [0.2, 0.25) is 0 Å². The molecule has 0 aliphatic rings. The van der Waals surface area contributed by atoms with Crippen LogP contribution in [0.5, 0.6) is 0 Å². The van der Waals surface area contributed by atoms with Gasteiger partial charge >= 0.3 is 0 Å². The molecule has 0 fully saturated rings. The number of halogens is 1. The largest absolute Gasteiger partial charge is 0.395 e. The molecule has 1 rings (SSSR count). The fourth-order valence-corrected chi connectivity index (χ4v) is 2.04. The molecular weight excluding hydrogens is 273 g/mol. The summed E-state index contributed by atoms with van der Waals surface area (Å²) in [4.78, 5) is 12.5. The molecular formula is C15H24FN3O2. The Balaban J connectivity index is 2.58. The first-order valence-corrected chi connectivity index (χ1v) is 7.17. The predicted molar refractivity (Wildman–Crippen MR) is 81.8 cm³/mol. The molecule has 3 N–H and O–H groups in total. The third kappa shape index (κ3) is 6.10. The number of carbonyl (C=O) groups is 1. The standard InChI is InChI=1S/C15H24FN3O2/c1-3-19(8-9-20)15-10-13(4-5-14(15)16)11-17-6-7-18-12(2)21/h4-5,10,17,20H,3,6-9,11H2,1-2H3,(H,18,21). The van der Waals surface area contributed by atoms with Gasteiger partial charge in [0, 0.05) is 39.6 Å². The molecule has 5 nitrogen and oxygen atoms in total. The number of rotatable bonds is 9. The van der Waals surface area contributed by atoms with E-state index in [0.717, 1.165) is 5.56 Å². The summed E-state index contributed by atoms with van der Waals surface area (Å²) in [5, 5.41) is 14.9. The lowest BCUT2D eigenvalue weighted by Crippen LogP contribution is -2.30. The van der Waals surface area contributed by atoms with E-state index < -0.39 is 0 Å². The second kappa shape index (κ2) is 9.31. The average Bonchev–Trinajstić information content (AvgIpc) is 2.46. The van der Waals surface area contributed by atoms with E-state index in [0.29, 0.717) is 38.4 Å². The van der Waals surface area contributed by atoms with Crippen LogP contribution in [0.3, 0.4) is 0 Å². The maximum atomic E-state index is 13.9. The number of aliphatic hydroxyl groups excluding tert-OH is 1. The van der Waals surface area contributed by atoms with E-state index in [2.05, 4.69) is 10.6 Å². The first kappa shape index (κ1) is 17.4. The minimum atomic E-state index is -0.285. The zero-order valence-electron chi connectivity index (χ0n) is 12.7. The summed E-state index contributed by atoms with van der Waals surface area (Å²) in [5.74, 6) is -0.337. The number of hydrogen-bond acceptors (Lipinski definition) is 4. The van der Waals surface area contributed by atoms with Crippen LogP contribution in [0, 0.1) is 5.82 Å². The van der Waals surface area contributed by atoms with Crippen LogP contribution in [0.15, 0.2) is 18.2 Å². The monoisotopic (exact) mass is 297 g/mol. The molecule has 0 aromatic heterocycles. The van der Waals surface area contributed by atoms with Crippen molar-refractivity contribution in [3.63, 3.8) is 0 Å². The molecule has 1 aromatic carbocycles. The maximum Gasteiger partial charge on any atom is 0.216 e. The van der Waals surface area contributed by atoms with Crippen molar-refractivity contribution < 1.29 is 14.3 Å². The minimum Gasteiger partial charge on any atom is -0.395 e. The van der Waals surface area contributed by atoms with Crippen molar-refractivity contribution >= 4 is 11.6 Å². The highest BCUT2D eigenvalue weighted by atomic mass is 19.1. The Labute approximate surface area is 125 Å². The molecule has 0 aliphatic carbocycles. The van der Waals surface area contributed by atoms with E-state index in [9.17, 15) is 9.18 Å². The smallest absolute Gasteiger partial charge is 0.216 e. The van der Waals surface area contributed by atoms with Crippen molar-refractivity contribution in [2.24, 2.45) is 0 Å². The highest BCUT2D eigenvalue weighted by molar-refractivity contribution is 5.72. The summed E-state index contributed by atoms with van der Waals surface area (Å²) in [6.07, 6.45) is 0. The third-order valence-electron chi connectivity index (χ3n) is 3.11. The van der Waals surface area contributed by atoms with Crippen molar-refractivity contribution in [2.75, 3.05) is 37.7 Å². The fourth-order valence-electron chi connectivity index (χ4n) is 2.04. The Morgan fingerprint density at radius 1 is 1.38 bits per heavy atom. The quantitative estimate of drug-likeness (QED) is 0.592. The highest BCUT2D eigenvalue weighted by Crippen LogP contribution is 2.20. The Morgan fingerprint density at radius 3 is 2.76 bits per heavy atom. The van der Waals surface area contributed by atoms with Crippen LogP contribution in [0.1, 0.15) is 19.4 Å². The molecule has 6 heteroatoms. The van der Waals surface area contributed by atoms with E-state index >= 15 is 0 Å². The number of amides is 1. The summed E-state index contributed by atoms with van der Waals surface area (Å²) in [7, 11) is 0. The molecule has 118 valence electrons. The van der Waals surface area contributed by atoms with Crippen LogP contribution in [0.25, 0.3) is 0 Å². The first-order valence-electron chi connectivity index (χ1n) is 7.17. The number of benzene rings is 1. The summed E-state index contributed by atoms with van der Waals surface area (Å²) in [6, 6.07) is 4.97. The first-order chi connectivity index (χ1) is 10.1. The predicted octanol–water partition coefficient (Wildman–Crippen LogP) is 0.870. The lowest BCUT2D eigenvalue weighted by atomic mass is 10.1. The lowest BCUT2D eigenvalue weighted by molar-refractivity contribution is -0.118. The van der Waals surface area contributed by atoms with Crippen molar-refractivity contribution in [1.82, 2.24) is 10.6 Å². The number of hydrogen-bond donors (Lipinski definition) is 3. The second-order valence-electron chi connectivity index (χ2n) is 4.75. The van der Waals surface area contributed by atoms with Crippen LogP contribution in [0.4, 0.5) is 10.1 Å². The van der Waals surface area contributed by atoms with Gasteiger partial charge in [-0.2, -0.15) is 0 Å². The van der Waals surface area contributed by atoms with Crippen LogP contribution in [-0.2, 0) is 11.3 Å². The Kier molecular flexibility index (Phi) is 7.71. The van der Waals surface area contributed by atoms with Crippen molar-refractivity contribution in [2.45, 2.75) is 20.4 Å². The summed E-state index contributed by atoms with van der Waals surface area (Å²) >= 11 is 0. The third-order valence-corrected chi connectivity index (χ3v) is 3.11. The molecule has 0 spiro atoms. The van der Waals surface area contributed by atoms with Gasteiger partial charge < -0.3 is 20.6 Å². The number of nitrogens with zero attached hydrogens (tertiary/aromatic N) is 1. The molecule has 0 unspecified atom stereocenters. The van der Waals surface area contributed by atoms with Gasteiger partial charge in [-0.05, 0) is 24.6 Å². The summed E-state index contributed by atoms with van der Waals surface area (Å²) in [6.45, 7) is 6.26. The topological polar surface area (TPSA) is 64.6 Å². The van der Waals surface area contributed by atoms with Gasteiger partial charge in [-0.3, -0.25) is 4.79 Å². The Bertz CT molecular complexity index is 455. The van der Waals surface area contributed by atoms with Crippen LogP contribution < -0.4 is 15.5 Å². The normalized spacial score (nSPS) is 10.5. The van der Waals surface area contributed by atoms with Gasteiger partial charge in [0.05, 0.1) is 12.3 Å². The summed E-state index contributed by atoms with van der Waals surface area (Å²) < 4.78 is 13.9. The van der Waals surface area contributed by atoms with Gasteiger partial charge in [0.1, 0.15) is 5.82 Å². The van der Waals surface area contributed by atoms with Gasteiger partial charge in [0.25, 0.3) is 0 Å². The number of anilines is 1. The molecule has 0 radical (unpaired) electrons. The van der Waals surface area contributed by atoms with Gasteiger partial charge in [0.15, 0.2) is 0 Å². The van der Waals surface area contributed by atoms with E-state index in [-0.39, 0.29) is 18.3 Å². The number of carbonyl (C=O) groups excluding carboxylic acids is 1. The molecule has 0 atom stereocenters. The fraction of sp³-hybridized carbons (Fsp3) is 0.533. The van der Waals surface area contributed by atoms with E-state index in [1.165, 1.54) is 13.0 Å². The number of nitrogens with one attached hydrogen (secondary N) is 2. The van der Waals surface area contributed by atoms with E-state index in [1.807, 2.05) is 6.92 Å². The van der Waals surface area contributed by atoms with Crippen molar-refractivity contribution in [1.29, 1.82) is 0 Å². The van der Waals surface area contributed by atoms with Crippen molar-refractivity contribution in [3.8, 4) is 0 Å². The van der Waals surface area contributed by atoms with E-state index in [1.54, 1.807) is 17.0 Å². The van der Waals surface area contributed by atoms with E-state index in [4.69, 9.17) is 5.11 Å². The highest BCUT2D eigenvalue weighted by Gasteiger charge is 2.10. The molecule has 0 saturated heterocycles. The molecule has 0 saturated carbocycles. The number of likely N-dealkylation sites (N-methyl/N-ethyl adjacent to an activating group) is 1.